The summed E-state index contributed by atoms with van der Waals surface area (Å²) >= 11 is 3.36. The molecule has 2 rings (SSSR count). The molecule has 0 aliphatic carbocycles. The third kappa shape index (κ3) is 3.58. The van der Waals surface area contributed by atoms with Crippen LogP contribution in [0.3, 0.4) is 0 Å². The number of aryl methyl sites for hydroxylation is 1. The highest BCUT2D eigenvalue weighted by atomic mass is 79.9. The van der Waals surface area contributed by atoms with Crippen molar-refractivity contribution in [3.05, 3.63) is 63.6 Å². The lowest BCUT2D eigenvalue weighted by atomic mass is 10.1. The minimum Gasteiger partial charge on any atom is -0.508 e. The highest BCUT2D eigenvalue weighted by molar-refractivity contribution is 9.10. The topological polar surface area (TPSA) is 49.3 Å². The number of rotatable bonds is 3. The number of benzene rings is 2. The van der Waals surface area contributed by atoms with Crippen molar-refractivity contribution in [2.24, 2.45) is 0 Å². The van der Waals surface area contributed by atoms with Gasteiger partial charge in [-0.25, -0.2) is 0 Å². The van der Waals surface area contributed by atoms with E-state index in [0.717, 1.165) is 15.6 Å². The molecule has 0 heterocycles. The van der Waals surface area contributed by atoms with E-state index in [1.165, 1.54) is 0 Å². The molecular weight excluding hydrogens is 306 g/mol. The van der Waals surface area contributed by atoms with Crippen molar-refractivity contribution >= 4 is 21.8 Å². The second-order valence-corrected chi connectivity index (χ2v) is 5.23. The standard InChI is InChI=1S/C15H14BrNO2/c1-10-5-6-12(16)8-14(10)15(19)17-9-11-3-2-4-13(18)7-11/h2-8,18H,9H2,1H3,(H,17,19). The number of aromatic hydroxyl groups is 1. The van der Waals surface area contributed by atoms with Gasteiger partial charge in [0.1, 0.15) is 5.75 Å². The molecule has 2 aromatic rings. The smallest absolute Gasteiger partial charge is 0.251 e. The second-order valence-electron chi connectivity index (χ2n) is 4.31. The molecule has 0 bridgehead atoms. The number of halogens is 1. The Morgan fingerprint density at radius 1 is 1.26 bits per heavy atom. The maximum atomic E-state index is 12.1. The Morgan fingerprint density at radius 2 is 2.05 bits per heavy atom. The van der Waals surface area contributed by atoms with Gasteiger partial charge in [0.25, 0.3) is 5.91 Å². The van der Waals surface area contributed by atoms with Crippen molar-refractivity contribution in [3.63, 3.8) is 0 Å². The molecule has 0 aliphatic rings. The van der Waals surface area contributed by atoms with E-state index in [0.29, 0.717) is 12.1 Å². The fraction of sp³-hybridized carbons (Fsp3) is 0.133. The first-order valence-electron chi connectivity index (χ1n) is 5.88. The molecule has 0 radical (unpaired) electrons. The molecule has 19 heavy (non-hydrogen) atoms. The number of phenolic OH excluding ortho intramolecular Hbond substituents is 1. The van der Waals surface area contributed by atoms with Crippen LogP contribution in [0.15, 0.2) is 46.9 Å². The summed E-state index contributed by atoms with van der Waals surface area (Å²) in [7, 11) is 0. The van der Waals surface area contributed by atoms with Crippen molar-refractivity contribution in [1.29, 1.82) is 0 Å². The predicted octanol–water partition coefficient (Wildman–Crippen LogP) is 3.39. The van der Waals surface area contributed by atoms with Crippen molar-refractivity contribution in [3.8, 4) is 5.75 Å². The number of nitrogens with one attached hydrogen (secondary N) is 1. The summed E-state index contributed by atoms with van der Waals surface area (Å²) in [6.45, 7) is 2.29. The summed E-state index contributed by atoms with van der Waals surface area (Å²) in [5.41, 5.74) is 2.44. The monoisotopic (exact) mass is 319 g/mol. The van der Waals surface area contributed by atoms with Crippen molar-refractivity contribution in [1.82, 2.24) is 5.32 Å². The van der Waals surface area contributed by atoms with E-state index in [9.17, 15) is 9.90 Å². The molecule has 2 N–H and O–H groups in total. The molecule has 0 aliphatic heterocycles. The van der Waals surface area contributed by atoms with Gasteiger partial charge < -0.3 is 10.4 Å². The Hall–Kier alpha value is -1.81. The van der Waals surface area contributed by atoms with Gasteiger partial charge in [-0.2, -0.15) is 0 Å². The van der Waals surface area contributed by atoms with Crippen molar-refractivity contribution in [2.45, 2.75) is 13.5 Å². The molecule has 0 spiro atoms. The Labute approximate surface area is 120 Å². The number of carbonyl (C=O) groups excluding carboxylic acids is 1. The zero-order chi connectivity index (χ0) is 13.8. The Bertz CT molecular complexity index is 611. The molecular formula is C15H14BrNO2. The summed E-state index contributed by atoms with van der Waals surface area (Å²) in [5.74, 6) is 0.0764. The molecule has 0 saturated heterocycles. The minimum absolute atomic E-state index is 0.123. The number of hydrogen-bond acceptors (Lipinski definition) is 2. The van der Waals surface area contributed by atoms with E-state index in [4.69, 9.17) is 0 Å². The van der Waals surface area contributed by atoms with Crippen LogP contribution >= 0.6 is 15.9 Å². The zero-order valence-electron chi connectivity index (χ0n) is 10.5. The molecule has 0 atom stereocenters. The summed E-state index contributed by atoms with van der Waals surface area (Å²) in [6, 6.07) is 12.4. The highest BCUT2D eigenvalue weighted by Crippen LogP contribution is 2.16. The average Bonchev–Trinajstić information content (AvgIpc) is 2.39. The van der Waals surface area contributed by atoms with Gasteiger partial charge in [0, 0.05) is 16.6 Å². The van der Waals surface area contributed by atoms with Crippen LogP contribution in [-0.2, 0) is 6.54 Å². The van der Waals surface area contributed by atoms with Crippen molar-refractivity contribution in [2.75, 3.05) is 0 Å². The quantitative estimate of drug-likeness (QED) is 0.911. The normalized spacial score (nSPS) is 10.2. The molecule has 1 amide bonds. The lowest BCUT2D eigenvalue weighted by Crippen LogP contribution is -2.23. The van der Waals surface area contributed by atoms with E-state index < -0.39 is 0 Å². The first-order chi connectivity index (χ1) is 9.06. The van der Waals surface area contributed by atoms with Crippen LogP contribution in [0.5, 0.6) is 5.75 Å². The predicted molar refractivity (Wildman–Crippen MR) is 78.2 cm³/mol. The highest BCUT2D eigenvalue weighted by Gasteiger charge is 2.09. The van der Waals surface area contributed by atoms with Crippen LogP contribution in [0.25, 0.3) is 0 Å². The van der Waals surface area contributed by atoms with Crippen LogP contribution in [0.2, 0.25) is 0 Å². The van der Waals surface area contributed by atoms with Crippen LogP contribution in [0, 0.1) is 6.92 Å². The van der Waals surface area contributed by atoms with Crippen LogP contribution in [0.1, 0.15) is 21.5 Å². The summed E-state index contributed by atoms with van der Waals surface area (Å²) in [5, 5.41) is 12.2. The first kappa shape index (κ1) is 13.6. The maximum absolute atomic E-state index is 12.1. The zero-order valence-corrected chi connectivity index (χ0v) is 12.1. The van der Waals surface area contributed by atoms with Gasteiger partial charge in [0.2, 0.25) is 0 Å². The van der Waals surface area contributed by atoms with Crippen LogP contribution in [0.4, 0.5) is 0 Å². The summed E-state index contributed by atoms with van der Waals surface area (Å²) in [6.07, 6.45) is 0. The molecule has 4 heteroatoms. The minimum atomic E-state index is -0.123. The molecule has 0 saturated carbocycles. The molecule has 0 fully saturated rings. The lowest BCUT2D eigenvalue weighted by molar-refractivity contribution is 0.0950. The summed E-state index contributed by atoms with van der Waals surface area (Å²) < 4.78 is 0.876. The van der Waals surface area contributed by atoms with E-state index >= 15 is 0 Å². The summed E-state index contributed by atoms with van der Waals surface area (Å²) in [4.78, 5) is 12.1. The molecule has 98 valence electrons. The fourth-order valence-corrected chi connectivity index (χ4v) is 2.14. The average molecular weight is 320 g/mol. The van der Waals surface area contributed by atoms with E-state index in [-0.39, 0.29) is 11.7 Å². The lowest BCUT2D eigenvalue weighted by Gasteiger charge is -2.08. The fourth-order valence-electron chi connectivity index (χ4n) is 1.78. The Kier molecular flexibility index (Phi) is 4.22. The van der Waals surface area contributed by atoms with E-state index in [1.807, 2.05) is 25.1 Å². The van der Waals surface area contributed by atoms with Gasteiger partial charge in [-0.15, -0.1) is 0 Å². The van der Waals surface area contributed by atoms with Crippen LogP contribution in [-0.4, -0.2) is 11.0 Å². The van der Waals surface area contributed by atoms with E-state index in [1.54, 1.807) is 24.3 Å². The number of amides is 1. The maximum Gasteiger partial charge on any atom is 0.251 e. The Morgan fingerprint density at radius 3 is 2.79 bits per heavy atom. The second kappa shape index (κ2) is 5.89. The van der Waals surface area contributed by atoms with E-state index in [2.05, 4.69) is 21.2 Å². The van der Waals surface area contributed by atoms with Gasteiger partial charge in [-0.3, -0.25) is 4.79 Å². The SMILES string of the molecule is Cc1ccc(Br)cc1C(=O)NCc1cccc(O)c1. The van der Waals surface area contributed by atoms with Gasteiger partial charge in [0.15, 0.2) is 0 Å². The van der Waals surface area contributed by atoms with Crippen molar-refractivity contribution < 1.29 is 9.90 Å². The third-order valence-electron chi connectivity index (χ3n) is 2.81. The van der Waals surface area contributed by atoms with Crippen LogP contribution < -0.4 is 5.32 Å². The number of carbonyl (C=O) groups is 1. The molecule has 2 aromatic carbocycles. The Balaban J connectivity index is 2.07. The van der Waals surface area contributed by atoms with Gasteiger partial charge in [-0.05, 0) is 42.3 Å². The number of phenols is 1. The van der Waals surface area contributed by atoms with Gasteiger partial charge in [-0.1, -0.05) is 34.1 Å². The number of hydrogen-bond donors (Lipinski definition) is 2. The van der Waals surface area contributed by atoms with Gasteiger partial charge in [0.05, 0.1) is 0 Å². The largest absolute Gasteiger partial charge is 0.508 e. The molecule has 0 unspecified atom stereocenters. The first-order valence-corrected chi connectivity index (χ1v) is 6.68. The molecule has 0 aromatic heterocycles. The van der Waals surface area contributed by atoms with Gasteiger partial charge >= 0.3 is 0 Å². The molecule has 3 nitrogen and oxygen atoms in total. The third-order valence-corrected chi connectivity index (χ3v) is 3.30.